The van der Waals surface area contributed by atoms with E-state index in [2.05, 4.69) is 13.2 Å². The van der Waals surface area contributed by atoms with Crippen LogP contribution in [0.1, 0.15) is 77.6 Å². The van der Waals surface area contributed by atoms with Gasteiger partial charge >= 0.3 is 29.8 Å². The van der Waals surface area contributed by atoms with E-state index in [0.29, 0.717) is 43.5 Å². The van der Waals surface area contributed by atoms with Crippen molar-refractivity contribution in [3.05, 3.63) is 121 Å². The van der Waals surface area contributed by atoms with E-state index in [1.54, 1.807) is 30.3 Å². The van der Waals surface area contributed by atoms with Crippen LogP contribution in [0.25, 0.3) is 6.08 Å². The van der Waals surface area contributed by atoms with Crippen molar-refractivity contribution in [1.29, 1.82) is 0 Å². The number of carbonyl (C=O) groups is 5. The predicted octanol–water partition coefficient (Wildman–Crippen LogP) is 7.19. The molecule has 0 radical (unpaired) electrons. The third-order valence-corrected chi connectivity index (χ3v) is 9.61. The molecular formula is C47H52O14. The van der Waals surface area contributed by atoms with Crippen molar-refractivity contribution in [3.8, 4) is 17.2 Å². The predicted molar refractivity (Wildman–Crippen MR) is 222 cm³/mol. The Labute approximate surface area is 355 Å². The number of hydrogen-bond donors (Lipinski definition) is 0. The molecule has 0 unspecified atom stereocenters. The number of fused-ring (bicyclic) bond motifs is 1. The van der Waals surface area contributed by atoms with Crippen LogP contribution in [-0.4, -0.2) is 93.9 Å². The first-order chi connectivity index (χ1) is 29.7. The average molecular weight is 841 g/mol. The summed E-state index contributed by atoms with van der Waals surface area (Å²) in [5.41, 5.74) is 1.36. The molecule has 2 aliphatic rings. The van der Waals surface area contributed by atoms with Crippen LogP contribution in [0.5, 0.6) is 17.2 Å². The van der Waals surface area contributed by atoms with Crippen molar-refractivity contribution < 1.29 is 66.6 Å². The molecule has 0 aromatic heterocycles. The van der Waals surface area contributed by atoms with Crippen molar-refractivity contribution >= 4 is 35.9 Å². The van der Waals surface area contributed by atoms with E-state index in [9.17, 15) is 24.0 Å². The number of unbranched alkanes of at least 4 members (excludes halogenated alkanes) is 6. The lowest BCUT2D eigenvalue weighted by Gasteiger charge is -2.17. The highest BCUT2D eigenvalue weighted by Crippen LogP contribution is 2.31. The molecule has 61 heavy (non-hydrogen) atoms. The van der Waals surface area contributed by atoms with Gasteiger partial charge in [-0.2, -0.15) is 0 Å². The Morgan fingerprint density at radius 1 is 0.525 bits per heavy atom. The molecular weight excluding hydrogens is 789 g/mol. The molecule has 14 heteroatoms. The SMILES string of the molecule is C=CC(=O)OCCCCCCOc1ccc(C=CC(=O)O[C@@H]2CO[C@H]3[C@@H]2OC[C@@H]3OC(=O)c2ccc(OC(=O)c3ccc(OCCCCCCOC(=O)C=C)cc3)cc2)cc1. The molecule has 324 valence electrons. The van der Waals surface area contributed by atoms with Gasteiger partial charge in [0.1, 0.15) is 29.5 Å². The first-order valence-electron chi connectivity index (χ1n) is 20.4. The van der Waals surface area contributed by atoms with Gasteiger partial charge in [-0.15, -0.1) is 0 Å². The van der Waals surface area contributed by atoms with Gasteiger partial charge in [0.2, 0.25) is 0 Å². The lowest BCUT2D eigenvalue weighted by molar-refractivity contribution is -0.147. The Bertz CT molecular complexity index is 1940. The van der Waals surface area contributed by atoms with E-state index in [4.69, 9.17) is 42.6 Å². The van der Waals surface area contributed by atoms with E-state index >= 15 is 0 Å². The summed E-state index contributed by atoms with van der Waals surface area (Å²) in [6.45, 7) is 8.73. The number of ether oxygens (including phenoxy) is 9. The zero-order chi connectivity index (χ0) is 43.2. The van der Waals surface area contributed by atoms with Crippen LogP contribution < -0.4 is 14.2 Å². The topological polar surface area (TPSA) is 168 Å². The smallest absolute Gasteiger partial charge is 0.343 e. The van der Waals surface area contributed by atoms with E-state index < -0.39 is 54.3 Å². The largest absolute Gasteiger partial charge is 0.494 e. The van der Waals surface area contributed by atoms with Crippen LogP contribution in [0.15, 0.2) is 104 Å². The van der Waals surface area contributed by atoms with Gasteiger partial charge in [0.15, 0.2) is 12.2 Å². The Morgan fingerprint density at radius 2 is 0.967 bits per heavy atom. The fourth-order valence-electron chi connectivity index (χ4n) is 6.34. The van der Waals surface area contributed by atoms with Crippen LogP contribution in [0.3, 0.4) is 0 Å². The van der Waals surface area contributed by atoms with Gasteiger partial charge in [0, 0.05) is 18.2 Å². The van der Waals surface area contributed by atoms with Crippen molar-refractivity contribution in [3.63, 3.8) is 0 Å². The molecule has 0 N–H and O–H groups in total. The van der Waals surface area contributed by atoms with Crippen LogP contribution in [0.2, 0.25) is 0 Å². The molecule has 0 saturated carbocycles. The number of rotatable bonds is 25. The lowest BCUT2D eigenvalue weighted by atomic mass is 10.1. The van der Waals surface area contributed by atoms with Gasteiger partial charge in [-0.05, 0) is 124 Å². The Balaban J connectivity index is 0.958. The summed E-state index contributed by atoms with van der Waals surface area (Å²) >= 11 is 0. The Kier molecular flexibility index (Phi) is 18.6. The number of carbonyl (C=O) groups excluding carboxylic acids is 5. The fraction of sp³-hybridized carbons (Fsp3) is 0.383. The molecule has 0 bridgehead atoms. The van der Waals surface area contributed by atoms with Gasteiger partial charge < -0.3 is 42.6 Å². The van der Waals surface area contributed by atoms with E-state index in [0.717, 1.165) is 69.1 Å². The summed E-state index contributed by atoms with van der Waals surface area (Å²) in [7, 11) is 0. The van der Waals surface area contributed by atoms with Crippen LogP contribution >= 0.6 is 0 Å². The summed E-state index contributed by atoms with van der Waals surface area (Å²) in [4.78, 5) is 60.5. The molecule has 14 nitrogen and oxygen atoms in total. The molecule has 4 atom stereocenters. The molecule has 0 amide bonds. The summed E-state index contributed by atoms with van der Waals surface area (Å²) in [6, 6.07) is 19.9. The normalized spacial score (nSPS) is 17.8. The van der Waals surface area contributed by atoms with Crippen molar-refractivity contribution in [2.45, 2.75) is 75.8 Å². The highest BCUT2D eigenvalue weighted by molar-refractivity contribution is 5.92. The maximum Gasteiger partial charge on any atom is 0.343 e. The van der Waals surface area contributed by atoms with Crippen molar-refractivity contribution in [2.24, 2.45) is 0 Å². The summed E-state index contributed by atoms with van der Waals surface area (Å²) in [5.74, 6) is -0.979. The molecule has 3 aromatic rings. The maximum absolute atomic E-state index is 13.0. The number of esters is 5. The monoisotopic (exact) mass is 840 g/mol. The third kappa shape index (κ3) is 15.4. The Morgan fingerprint density at radius 3 is 1.48 bits per heavy atom. The molecule has 0 spiro atoms. The summed E-state index contributed by atoms with van der Waals surface area (Å²) in [6.07, 6.45) is 9.68. The zero-order valence-corrected chi connectivity index (χ0v) is 34.1. The molecule has 5 rings (SSSR count). The molecule has 2 saturated heterocycles. The second-order valence-electron chi connectivity index (χ2n) is 14.1. The standard InChI is InChI=1S/C47H52O14/c1-3-41(48)55-29-11-7-5-9-27-53-36-20-13-33(14-21-36)15-26-43(50)60-39-31-57-45-40(32-58-44(39)45)61-47(52)35-18-24-38(25-19-35)59-46(51)34-16-22-37(23-17-34)54-28-10-6-8-12-30-56-42(49)4-2/h3-4,13-26,39-40,44-45H,1-2,5-12,27-32H2/t39-,40+,44-,45-/m1/s1. The van der Waals surface area contributed by atoms with Gasteiger partial charge in [0.25, 0.3) is 0 Å². The minimum absolute atomic E-state index is 0.0722. The maximum atomic E-state index is 13.0. The van der Waals surface area contributed by atoms with E-state index in [1.807, 2.05) is 24.3 Å². The van der Waals surface area contributed by atoms with Gasteiger partial charge in [-0.1, -0.05) is 25.3 Å². The number of hydrogen-bond acceptors (Lipinski definition) is 14. The van der Waals surface area contributed by atoms with Crippen LogP contribution in [0, 0.1) is 0 Å². The second-order valence-corrected chi connectivity index (χ2v) is 14.1. The average Bonchev–Trinajstić information content (AvgIpc) is 3.87. The quantitative estimate of drug-likeness (QED) is 0.0276. The van der Waals surface area contributed by atoms with Crippen molar-refractivity contribution in [1.82, 2.24) is 0 Å². The zero-order valence-electron chi connectivity index (χ0n) is 34.1. The fourth-order valence-corrected chi connectivity index (χ4v) is 6.34. The minimum atomic E-state index is -0.712. The van der Waals surface area contributed by atoms with Crippen LogP contribution in [0.4, 0.5) is 0 Å². The molecule has 0 aliphatic carbocycles. The summed E-state index contributed by atoms with van der Waals surface area (Å²) < 4.78 is 49.9. The highest BCUT2D eigenvalue weighted by atomic mass is 16.7. The van der Waals surface area contributed by atoms with Gasteiger partial charge in [-0.25, -0.2) is 24.0 Å². The summed E-state index contributed by atoms with van der Waals surface area (Å²) in [5, 5.41) is 0. The highest BCUT2D eigenvalue weighted by Gasteiger charge is 2.51. The van der Waals surface area contributed by atoms with E-state index in [1.165, 1.54) is 30.3 Å². The lowest BCUT2D eigenvalue weighted by Crippen LogP contribution is -2.35. The first kappa shape index (κ1) is 45.8. The van der Waals surface area contributed by atoms with Gasteiger partial charge in [-0.3, -0.25) is 0 Å². The van der Waals surface area contributed by atoms with Crippen molar-refractivity contribution in [2.75, 3.05) is 39.6 Å². The molecule has 2 heterocycles. The van der Waals surface area contributed by atoms with Crippen LogP contribution in [-0.2, 0) is 42.8 Å². The minimum Gasteiger partial charge on any atom is -0.494 e. The molecule has 3 aromatic carbocycles. The second kappa shape index (κ2) is 24.7. The van der Waals surface area contributed by atoms with Gasteiger partial charge in [0.05, 0.1) is 50.8 Å². The Hall–Kier alpha value is -6.25. The molecule has 2 fully saturated rings. The number of benzene rings is 3. The first-order valence-corrected chi connectivity index (χ1v) is 20.4. The van der Waals surface area contributed by atoms with E-state index in [-0.39, 0.29) is 24.5 Å². The third-order valence-electron chi connectivity index (χ3n) is 9.61. The molecule has 2 aliphatic heterocycles.